The molecule has 0 bridgehead atoms. The van der Waals surface area contributed by atoms with Crippen molar-refractivity contribution >= 4 is 0 Å². The summed E-state index contributed by atoms with van der Waals surface area (Å²) >= 11 is 0. The highest BCUT2D eigenvalue weighted by Gasteiger charge is 2.42. The summed E-state index contributed by atoms with van der Waals surface area (Å²) < 4.78 is 14.0. The Morgan fingerprint density at radius 2 is 1.77 bits per heavy atom. The zero-order chi connectivity index (χ0) is 20.9. The lowest BCUT2D eigenvalue weighted by Crippen LogP contribution is -2.36. The van der Waals surface area contributed by atoms with Crippen LogP contribution in [0.2, 0.25) is 0 Å². The van der Waals surface area contributed by atoms with Crippen LogP contribution < -0.4 is 5.32 Å². The van der Waals surface area contributed by atoms with E-state index in [9.17, 15) is 14.6 Å². The molecule has 0 unspecified atom stereocenters. The quantitative estimate of drug-likeness (QED) is 0.561. The Morgan fingerprint density at radius 3 is 2.53 bits per heavy atom. The molecule has 0 radical (unpaired) electrons. The average Bonchev–Trinajstić information content (AvgIpc) is 3.08. The molecule has 4 rings (SSSR count). The van der Waals surface area contributed by atoms with Gasteiger partial charge in [-0.2, -0.15) is 0 Å². The molecule has 1 aromatic heterocycles. The Balaban J connectivity index is 1.52. The topological polar surface area (TPSA) is 78.3 Å². The van der Waals surface area contributed by atoms with Crippen molar-refractivity contribution in [1.82, 2.24) is 15.3 Å². The van der Waals surface area contributed by atoms with Crippen molar-refractivity contribution in [2.45, 2.75) is 31.5 Å². The fourth-order valence-corrected chi connectivity index (χ4v) is 4.34. The summed E-state index contributed by atoms with van der Waals surface area (Å²) in [6.45, 7) is 0.276. The van der Waals surface area contributed by atoms with Crippen molar-refractivity contribution in [3.05, 3.63) is 83.9 Å². The van der Waals surface area contributed by atoms with Crippen molar-refractivity contribution in [1.29, 1.82) is 0 Å². The minimum atomic E-state index is -0.603. The number of halogens is 1. The molecular weight excluding hydrogens is 381 g/mol. The van der Waals surface area contributed by atoms with Gasteiger partial charge < -0.3 is 15.5 Å². The second-order valence-corrected chi connectivity index (χ2v) is 7.83. The summed E-state index contributed by atoms with van der Waals surface area (Å²) in [5.74, 6) is 0.138. The SMILES string of the molecule is OC[C@@H]1[C@@H](Cc2ccnc(-c3ccccc3)n2)[C@H](NCc2ccccc2F)C[C@H]1O. The Bertz CT molecular complexity index is 969. The Labute approximate surface area is 175 Å². The van der Waals surface area contributed by atoms with Crippen LogP contribution in [0.4, 0.5) is 4.39 Å². The third kappa shape index (κ3) is 4.56. The van der Waals surface area contributed by atoms with E-state index in [4.69, 9.17) is 4.98 Å². The van der Waals surface area contributed by atoms with Gasteiger partial charge in [-0.05, 0) is 30.9 Å². The molecule has 1 fully saturated rings. The molecule has 4 atom stereocenters. The molecular formula is C24H26FN3O2. The number of rotatable bonds is 7. The maximum atomic E-state index is 14.0. The summed E-state index contributed by atoms with van der Waals surface area (Å²) in [6.07, 6.45) is 2.25. The van der Waals surface area contributed by atoms with Crippen LogP contribution in [-0.4, -0.2) is 38.9 Å². The number of benzene rings is 2. The first kappa shape index (κ1) is 20.6. The number of nitrogens with zero attached hydrogens (tertiary/aromatic N) is 2. The fraction of sp³-hybridized carbons (Fsp3) is 0.333. The first-order chi connectivity index (χ1) is 14.7. The monoisotopic (exact) mass is 407 g/mol. The maximum Gasteiger partial charge on any atom is 0.159 e. The number of hydrogen-bond donors (Lipinski definition) is 3. The van der Waals surface area contributed by atoms with Gasteiger partial charge in [0.1, 0.15) is 5.82 Å². The number of hydrogen-bond acceptors (Lipinski definition) is 5. The summed E-state index contributed by atoms with van der Waals surface area (Å²) in [4.78, 5) is 9.08. The molecule has 3 aromatic rings. The normalized spacial score (nSPS) is 23.6. The third-order valence-electron chi connectivity index (χ3n) is 5.97. The summed E-state index contributed by atoms with van der Waals surface area (Å²) in [6, 6.07) is 18.3. The predicted molar refractivity (Wildman–Crippen MR) is 113 cm³/mol. The van der Waals surface area contributed by atoms with Gasteiger partial charge in [0, 0.05) is 48.1 Å². The van der Waals surface area contributed by atoms with E-state index in [1.54, 1.807) is 18.3 Å². The van der Waals surface area contributed by atoms with Gasteiger partial charge in [0.2, 0.25) is 0 Å². The van der Waals surface area contributed by atoms with E-state index in [-0.39, 0.29) is 30.3 Å². The molecule has 0 spiro atoms. The Hall–Kier alpha value is -2.67. The molecule has 0 aliphatic heterocycles. The molecule has 2 aromatic carbocycles. The molecule has 1 aliphatic rings. The molecule has 1 saturated carbocycles. The van der Waals surface area contributed by atoms with E-state index in [0.717, 1.165) is 11.3 Å². The molecule has 30 heavy (non-hydrogen) atoms. The van der Waals surface area contributed by atoms with Crippen LogP contribution in [0.15, 0.2) is 66.9 Å². The Kier molecular flexibility index (Phi) is 6.47. The molecule has 0 saturated heterocycles. The van der Waals surface area contributed by atoms with Crippen LogP contribution in [0.25, 0.3) is 11.4 Å². The smallest absolute Gasteiger partial charge is 0.159 e. The maximum absolute atomic E-state index is 14.0. The highest BCUT2D eigenvalue weighted by atomic mass is 19.1. The van der Waals surface area contributed by atoms with E-state index >= 15 is 0 Å². The van der Waals surface area contributed by atoms with Crippen molar-refractivity contribution in [3.8, 4) is 11.4 Å². The van der Waals surface area contributed by atoms with E-state index in [0.29, 0.717) is 30.8 Å². The fourth-order valence-electron chi connectivity index (χ4n) is 4.34. The van der Waals surface area contributed by atoms with Gasteiger partial charge in [-0.15, -0.1) is 0 Å². The summed E-state index contributed by atoms with van der Waals surface area (Å²) in [5, 5.41) is 23.8. The average molecular weight is 407 g/mol. The van der Waals surface area contributed by atoms with Gasteiger partial charge in [-0.3, -0.25) is 0 Å². The minimum absolute atomic E-state index is 0.0182. The van der Waals surface area contributed by atoms with Gasteiger partial charge in [-0.25, -0.2) is 14.4 Å². The number of nitrogens with one attached hydrogen (secondary N) is 1. The van der Waals surface area contributed by atoms with Crippen LogP contribution in [0.3, 0.4) is 0 Å². The van der Waals surface area contributed by atoms with Crippen LogP contribution in [0.1, 0.15) is 17.7 Å². The zero-order valence-electron chi connectivity index (χ0n) is 16.7. The highest BCUT2D eigenvalue weighted by Crippen LogP contribution is 2.35. The van der Waals surface area contributed by atoms with E-state index in [1.807, 2.05) is 42.5 Å². The lowest BCUT2D eigenvalue weighted by Gasteiger charge is -2.25. The lowest BCUT2D eigenvalue weighted by molar-refractivity contribution is 0.0716. The third-order valence-corrected chi connectivity index (χ3v) is 5.97. The van der Waals surface area contributed by atoms with Crippen molar-refractivity contribution in [3.63, 3.8) is 0 Å². The molecule has 1 heterocycles. The molecule has 5 nitrogen and oxygen atoms in total. The van der Waals surface area contributed by atoms with E-state index < -0.39 is 6.10 Å². The molecule has 6 heteroatoms. The number of aliphatic hydroxyl groups excluding tert-OH is 2. The first-order valence-corrected chi connectivity index (χ1v) is 10.3. The number of aromatic nitrogens is 2. The highest BCUT2D eigenvalue weighted by molar-refractivity contribution is 5.54. The van der Waals surface area contributed by atoms with E-state index in [1.165, 1.54) is 6.07 Å². The van der Waals surface area contributed by atoms with Crippen molar-refractivity contribution < 1.29 is 14.6 Å². The van der Waals surface area contributed by atoms with E-state index in [2.05, 4.69) is 10.3 Å². The molecule has 3 N–H and O–H groups in total. The van der Waals surface area contributed by atoms with Crippen LogP contribution in [0, 0.1) is 17.7 Å². The second-order valence-electron chi connectivity index (χ2n) is 7.83. The lowest BCUT2D eigenvalue weighted by atomic mass is 9.88. The predicted octanol–water partition coefficient (Wildman–Crippen LogP) is 2.97. The van der Waals surface area contributed by atoms with Crippen molar-refractivity contribution in [2.75, 3.05) is 6.61 Å². The van der Waals surface area contributed by atoms with Crippen LogP contribution in [-0.2, 0) is 13.0 Å². The largest absolute Gasteiger partial charge is 0.396 e. The van der Waals surface area contributed by atoms with Crippen LogP contribution >= 0.6 is 0 Å². The van der Waals surface area contributed by atoms with Gasteiger partial charge in [0.15, 0.2) is 5.82 Å². The standard InChI is InChI=1S/C24H26FN3O2/c25-21-9-5-4-8-17(21)14-27-22-13-23(30)20(15-29)19(22)12-18-10-11-26-24(28-18)16-6-2-1-3-7-16/h1-11,19-20,22-23,27,29-30H,12-15H2/t19-,20-,22-,23-/m1/s1. The molecule has 1 aliphatic carbocycles. The number of aliphatic hydroxyl groups is 2. The Morgan fingerprint density at radius 1 is 1.00 bits per heavy atom. The van der Waals surface area contributed by atoms with Crippen molar-refractivity contribution in [2.24, 2.45) is 11.8 Å². The van der Waals surface area contributed by atoms with Gasteiger partial charge in [0.05, 0.1) is 6.10 Å². The second kappa shape index (κ2) is 9.43. The van der Waals surface area contributed by atoms with Gasteiger partial charge >= 0.3 is 0 Å². The van der Waals surface area contributed by atoms with Gasteiger partial charge in [-0.1, -0.05) is 48.5 Å². The van der Waals surface area contributed by atoms with Crippen LogP contribution in [0.5, 0.6) is 0 Å². The summed E-state index contributed by atoms with van der Waals surface area (Å²) in [5.41, 5.74) is 2.39. The van der Waals surface area contributed by atoms with Gasteiger partial charge in [0.25, 0.3) is 0 Å². The summed E-state index contributed by atoms with van der Waals surface area (Å²) in [7, 11) is 0. The molecule has 0 amide bonds. The minimum Gasteiger partial charge on any atom is -0.396 e. The zero-order valence-corrected chi connectivity index (χ0v) is 16.7. The first-order valence-electron chi connectivity index (χ1n) is 10.3. The molecule has 156 valence electrons.